The first-order chi connectivity index (χ1) is 13.8. The fraction of sp³-hybridized carbons (Fsp3) is 0.478. The molecule has 2 N–H and O–H groups in total. The fourth-order valence-electron chi connectivity index (χ4n) is 4.72. The van der Waals surface area contributed by atoms with Crippen LogP contribution < -0.4 is 10.6 Å². The Morgan fingerprint density at radius 3 is 2.73 bits per heavy atom. The molecule has 164 valence electrons. The Hall–Kier alpha value is -1.66. The Morgan fingerprint density at radius 2 is 1.97 bits per heavy atom. The number of aromatic nitrogens is 1. The van der Waals surface area contributed by atoms with Crippen LogP contribution in [0.5, 0.6) is 0 Å². The number of carbonyl (C=O) groups excluding carboxylic acids is 1. The molecule has 1 aromatic carbocycles. The van der Waals surface area contributed by atoms with Crippen LogP contribution in [0.2, 0.25) is 0 Å². The van der Waals surface area contributed by atoms with Crippen molar-refractivity contribution in [2.24, 2.45) is 11.8 Å². The zero-order valence-electron chi connectivity index (χ0n) is 17.2. The maximum Gasteiger partial charge on any atom is 0.224 e. The third-order valence-corrected chi connectivity index (χ3v) is 6.00. The van der Waals surface area contributed by atoms with Crippen LogP contribution in [0.15, 0.2) is 54.9 Å². The number of hydrogen-bond acceptors (Lipinski definition) is 4. The van der Waals surface area contributed by atoms with Gasteiger partial charge in [-0.2, -0.15) is 0 Å². The molecule has 7 heteroatoms. The molecule has 2 bridgehead atoms. The third-order valence-electron chi connectivity index (χ3n) is 6.00. The zero-order valence-corrected chi connectivity index (χ0v) is 18.8. The molecule has 0 radical (unpaired) electrons. The molecular formula is C23H32Cl2N4O. The smallest absolute Gasteiger partial charge is 0.224 e. The van der Waals surface area contributed by atoms with E-state index in [0.717, 1.165) is 44.1 Å². The van der Waals surface area contributed by atoms with Gasteiger partial charge in [-0.25, -0.2) is 0 Å². The Balaban J connectivity index is 0.00000160. The largest absolute Gasteiger partial charge is 0.325 e. The lowest BCUT2D eigenvalue weighted by Crippen LogP contribution is -2.55. The summed E-state index contributed by atoms with van der Waals surface area (Å²) in [5, 5.41) is 6.69. The molecule has 2 aliphatic rings. The molecule has 4 rings (SSSR count). The average molecular weight is 451 g/mol. The molecule has 0 saturated carbocycles. The first-order valence-electron chi connectivity index (χ1n) is 10.5. The van der Waals surface area contributed by atoms with Gasteiger partial charge in [0.1, 0.15) is 0 Å². The molecule has 30 heavy (non-hydrogen) atoms. The summed E-state index contributed by atoms with van der Waals surface area (Å²) >= 11 is 0. The number of halogens is 2. The highest BCUT2D eigenvalue weighted by atomic mass is 35.5. The van der Waals surface area contributed by atoms with Crippen molar-refractivity contribution >= 4 is 36.4 Å². The molecule has 1 amide bonds. The third kappa shape index (κ3) is 6.95. The van der Waals surface area contributed by atoms with Gasteiger partial charge in [-0.1, -0.05) is 30.3 Å². The van der Waals surface area contributed by atoms with Crippen LogP contribution in [-0.4, -0.2) is 41.5 Å². The summed E-state index contributed by atoms with van der Waals surface area (Å²) in [5.74, 6) is 1.53. The molecule has 2 fully saturated rings. The van der Waals surface area contributed by atoms with E-state index in [1.165, 1.54) is 18.5 Å². The van der Waals surface area contributed by atoms with Gasteiger partial charge in [0, 0.05) is 38.3 Å². The molecule has 3 atom stereocenters. The summed E-state index contributed by atoms with van der Waals surface area (Å²) in [6.45, 7) is 4.51. The van der Waals surface area contributed by atoms with E-state index in [-0.39, 0.29) is 30.7 Å². The number of fused-ring (bicyclic) bond motifs is 2. The van der Waals surface area contributed by atoms with Gasteiger partial charge in [0.2, 0.25) is 5.91 Å². The van der Waals surface area contributed by atoms with Gasteiger partial charge >= 0.3 is 0 Å². The summed E-state index contributed by atoms with van der Waals surface area (Å²) in [6.07, 6.45) is 7.27. The molecule has 0 spiro atoms. The van der Waals surface area contributed by atoms with Gasteiger partial charge in [-0.05, 0) is 55.3 Å². The summed E-state index contributed by atoms with van der Waals surface area (Å²) in [6, 6.07) is 15.0. The minimum atomic E-state index is 0. The monoisotopic (exact) mass is 450 g/mol. The van der Waals surface area contributed by atoms with E-state index in [2.05, 4.69) is 50.8 Å². The van der Waals surface area contributed by atoms with E-state index in [1.807, 2.05) is 12.1 Å². The second-order valence-corrected chi connectivity index (χ2v) is 8.24. The maximum atomic E-state index is 12.2. The number of rotatable bonds is 7. The van der Waals surface area contributed by atoms with Crippen LogP contribution in [0, 0.1) is 11.8 Å². The Morgan fingerprint density at radius 1 is 1.13 bits per heavy atom. The number of likely N-dealkylation sites (tertiary alicyclic amines) is 1. The van der Waals surface area contributed by atoms with Gasteiger partial charge in [-0.15, -0.1) is 24.8 Å². The van der Waals surface area contributed by atoms with E-state index < -0.39 is 0 Å². The first-order valence-corrected chi connectivity index (χ1v) is 10.5. The second kappa shape index (κ2) is 12.3. The van der Waals surface area contributed by atoms with E-state index in [1.54, 1.807) is 12.4 Å². The van der Waals surface area contributed by atoms with Gasteiger partial charge in [-0.3, -0.25) is 14.7 Å². The van der Waals surface area contributed by atoms with Crippen LogP contribution in [0.3, 0.4) is 0 Å². The van der Waals surface area contributed by atoms with E-state index in [9.17, 15) is 4.79 Å². The fourth-order valence-corrected chi connectivity index (χ4v) is 4.72. The number of hydrogen-bond donors (Lipinski definition) is 2. The average Bonchev–Trinajstić information content (AvgIpc) is 2.71. The lowest BCUT2D eigenvalue weighted by atomic mass is 9.79. The molecule has 5 nitrogen and oxygen atoms in total. The van der Waals surface area contributed by atoms with Crippen molar-refractivity contribution < 1.29 is 4.79 Å². The van der Waals surface area contributed by atoms with Crippen molar-refractivity contribution in [1.29, 1.82) is 0 Å². The number of pyridine rings is 1. The number of amides is 1. The van der Waals surface area contributed by atoms with Crippen molar-refractivity contribution in [3.05, 3.63) is 60.4 Å². The molecule has 2 saturated heterocycles. The summed E-state index contributed by atoms with van der Waals surface area (Å²) in [4.78, 5) is 18.8. The Kier molecular flexibility index (Phi) is 10.1. The maximum absolute atomic E-state index is 12.2. The van der Waals surface area contributed by atoms with E-state index >= 15 is 0 Å². The SMILES string of the molecule is Cl.Cl.O=C(CCC[C@H]1NCC2CC1CN(Cc1ccccc1)C2)Nc1cccnc1. The van der Waals surface area contributed by atoms with E-state index in [4.69, 9.17) is 0 Å². The highest BCUT2D eigenvalue weighted by Crippen LogP contribution is 2.31. The number of carbonyl (C=O) groups is 1. The molecule has 2 aromatic rings. The van der Waals surface area contributed by atoms with Crippen molar-refractivity contribution in [2.45, 2.75) is 38.3 Å². The van der Waals surface area contributed by atoms with Gasteiger partial charge in [0.15, 0.2) is 0 Å². The van der Waals surface area contributed by atoms with Crippen molar-refractivity contribution in [2.75, 3.05) is 25.0 Å². The van der Waals surface area contributed by atoms with Crippen molar-refractivity contribution in [3.8, 4) is 0 Å². The van der Waals surface area contributed by atoms with Gasteiger partial charge < -0.3 is 10.6 Å². The quantitative estimate of drug-likeness (QED) is 0.665. The highest BCUT2D eigenvalue weighted by molar-refractivity contribution is 5.90. The molecule has 1 aromatic heterocycles. The topological polar surface area (TPSA) is 57.3 Å². The number of nitrogens with one attached hydrogen (secondary N) is 2. The Bertz CT molecular complexity index is 762. The molecule has 2 unspecified atom stereocenters. The minimum absolute atomic E-state index is 0. The Labute approximate surface area is 191 Å². The number of benzene rings is 1. The minimum Gasteiger partial charge on any atom is -0.325 e. The zero-order chi connectivity index (χ0) is 19.2. The summed E-state index contributed by atoms with van der Waals surface area (Å²) < 4.78 is 0. The first kappa shape index (κ1) is 24.6. The van der Waals surface area contributed by atoms with Crippen molar-refractivity contribution in [3.63, 3.8) is 0 Å². The summed E-state index contributed by atoms with van der Waals surface area (Å²) in [5.41, 5.74) is 2.18. The van der Waals surface area contributed by atoms with Crippen LogP contribution >= 0.6 is 24.8 Å². The molecule has 3 heterocycles. The van der Waals surface area contributed by atoms with Crippen LogP contribution in [0.25, 0.3) is 0 Å². The van der Waals surface area contributed by atoms with Gasteiger partial charge in [0.25, 0.3) is 0 Å². The number of nitrogens with zero attached hydrogens (tertiary/aromatic N) is 2. The normalized spacial score (nSPS) is 23.0. The van der Waals surface area contributed by atoms with Gasteiger partial charge in [0.05, 0.1) is 11.9 Å². The predicted octanol–water partition coefficient (Wildman–Crippen LogP) is 4.14. The molecular weight excluding hydrogens is 419 g/mol. The molecule has 0 aliphatic carbocycles. The molecule has 2 aliphatic heterocycles. The number of piperidine rings is 2. The summed E-state index contributed by atoms with van der Waals surface area (Å²) in [7, 11) is 0. The lowest BCUT2D eigenvalue weighted by molar-refractivity contribution is -0.116. The number of anilines is 1. The van der Waals surface area contributed by atoms with Crippen molar-refractivity contribution in [1.82, 2.24) is 15.2 Å². The standard InChI is InChI=1S/C23H30N4O.2ClH/c28-23(26-21-8-5-11-24-14-21)10-4-9-22-20-12-19(13-25-22)16-27(17-20)15-18-6-2-1-3-7-18;;/h1-3,5-8,11,14,19-20,22,25H,4,9-10,12-13,15-17H2,(H,26,28);2*1H/t19?,20?,22-;;/m1../s1. The van der Waals surface area contributed by atoms with Crippen LogP contribution in [0.4, 0.5) is 5.69 Å². The van der Waals surface area contributed by atoms with E-state index in [0.29, 0.717) is 18.4 Å². The predicted molar refractivity (Wildman–Crippen MR) is 126 cm³/mol. The van der Waals surface area contributed by atoms with Crippen LogP contribution in [-0.2, 0) is 11.3 Å². The lowest BCUT2D eigenvalue weighted by Gasteiger charge is -2.46. The van der Waals surface area contributed by atoms with Crippen LogP contribution in [0.1, 0.15) is 31.2 Å². The second-order valence-electron chi connectivity index (χ2n) is 8.24. The highest BCUT2D eigenvalue weighted by Gasteiger charge is 2.35.